The first-order valence-corrected chi connectivity index (χ1v) is 9.58. The van der Waals surface area contributed by atoms with E-state index in [2.05, 4.69) is 10.6 Å². The Bertz CT molecular complexity index is 857. The molecule has 0 radical (unpaired) electrons. The summed E-state index contributed by atoms with van der Waals surface area (Å²) in [7, 11) is 0. The molecule has 1 atom stereocenters. The molecule has 2 aromatic rings. The summed E-state index contributed by atoms with van der Waals surface area (Å²) in [6.45, 7) is 4.88. The molecule has 1 unspecified atom stereocenters. The van der Waals surface area contributed by atoms with E-state index in [1.165, 1.54) is 17.8 Å². The molecule has 27 heavy (non-hydrogen) atoms. The van der Waals surface area contributed by atoms with Gasteiger partial charge in [-0.25, -0.2) is 4.39 Å². The van der Waals surface area contributed by atoms with E-state index in [9.17, 15) is 9.18 Å². The van der Waals surface area contributed by atoms with Crippen molar-refractivity contribution in [1.29, 1.82) is 0 Å². The highest BCUT2D eigenvalue weighted by molar-refractivity contribution is 8.05. The van der Waals surface area contributed by atoms with Crippen LogP contribution >= 0.6 is 11.8 Å². The summed E-state index contributed by atoms with van der Waals surface area (Å²) in [5.74, 6) is 0.737. The number of rotatable bonds is 7. The van der Waals surface area contributed by atoms with Crippen molar-refractivity contribution in [1.82, 2.24) is 5.32 Å². The molecular formula is C20H21FN2O3S. The summed E-state index contributed by atoms with van der Waals surface area (Å²) < 4.78 is 25.0. The molecule has 2 N–H and O–H groups in total. The zero-order valence-electron chi connectivity index (χ0n) is 15.1. The Kier molecular flexibility index (Phi) is 6.24. The second kappa shape index (κ2) is 8.81. The molecule has 1 amide bonds. The maximum atomic E-state index is 13.8. The molecule has 0 aromatic heterocycles. The zero-order valence-corrected chi connectivity index (χ0v) is 15.9. The molecule has 142 valence electrons. The van der Waals surface area contributed by atoms with Crippen molar-refractivity contribution in [2.24, 2.45) is 0 Å². The standard InChI is InChI=1S/C20H21FN2O3S/c1-3-25-16-10-9-13(11-17(16)26-4-2)12-18-19(24)23-20(27-18)22-15-8-6-5-7-14(15)21/h5-12,20,22H,3-4H2,1-2H3,(H,23,24)/b18-12-. The molecule has 1 aliphatic heterocycles. The van der Waals surface area contributed by atoms with Crippen molar-refractivity contribution in [3.63, 3.8) is 0 Å². The zero-order chi connectivity index (χ0) is 19.2. The smallest absolute Gasteiger partial charge is 0.260 e. The maximum absolute atomic E-state index is 13.8. The Hall–Kier alpha value is -2.67. The molecule has 7 heteroatoms. The van der Waals surface area contributed by atoms with Crippen LogP contribution in [-0.4, -0.2) is 24.6 Å². The number of ether oxygens (including phenoxy) is 2. The number of benzene rings is 2. The predicted molar refractivity (Wildman–Crippen MR) is 106 cm³/mol. The number of carbonyl (C=O) groups excluding carboxylic acids is 1. The van der Waals surface area contributed by atoms with Gasteiger partial charge in [0, 0.05) is 0 Å². The second-order valence-corrected chi connectivity index (χ2v) is 6.82. The molecule has 0 saturated carbocycles. The van der Waals surface area contributed by atoms with Gasteiger partial charge in [-0.15, -0.1) is 0 Å². The first-order chi connectivity index (χ1) is 13.1. The van der Waals surface area contributed by atoms with Gasteiger partial charge in [0.2, 0.25) is 0 Å². The summed E-state index contributed by atoms with van der Waals surface area (Å²) in [4.78, 5) is 12.8. The minimum atomic E-state index is -0.435. The highest BCUT2D eigenvalue weighted by Crippen LogP contribution is 2.33. The van der Waals surface area contributed by atoms with Gasteiger partial charge in [0.05, 0.1) is 23.8 Å². The van der Waals surface area contributed by atoms with Crippen LogP contribution in [0.15, 0.2) is 47.4 Å². The van der Waals surface area contributed by atoms with Gasteiger partial charge in [-0.1, -0.05) is 30.0 Å². The summed E-state index contributed by atoms with van der Waals surface area (Å²) in [5.41, 5.74) is 0.733. The molecule has 2 aromatic carbocycles. The minimum absolute atomic E-state index is 0.208. The Labute approximate surface area is 161 Å². The van der Waals surface area contributed by atoms with Crippen molar-refractivity contribution in [2.45, 2.75) is 19.3 Å². The van der Waals surface area contributed by atoms with Gasteiger partial charge in [0.1, 0.15) is 5.82 Å². The lowest BCUT2D eigenvalue weighted by molar-refractivity contribution is -0.116. The van der Waals surface area contributed by atoms with Crippen LogP contribution in [0.25, 0.3) is 6.08 Å². The van der Waals surface area contributed by atoms with Crippen molar-refractivity contribution in [3.05, 3.63) is 58.8 Å². The second-order valence-electron chi connectivity index (χ2n) is 5.68. The predicted octanol–water partition coefficient (Wildman–Crippen LogP) is 4.22. The van der Waals surface area contributed by atoms with Gasteiger partial charge < -0.3 is 20.1 Å². The van der Waals surface area contributed by atoms with Gasteiger partial charge in [0.25, 0.3) is 5.91 Å². The van der Waals surface area contributed by atoms with Crippen LogP contribution in [0, 0.1) is 5.82 Å². The van der Waals surface area contributed by atoms with E-state index in [4.69, 9.17) is 9.47 Å². The summed E-state index contributed by atoms with van der Waals surface area (Å²) in [5, 5.41) is 5.78. The molecule has 1 heterocycles. The summed E-state index contributed by atoms with van der Waals surface area (Å²) in [6.07, 6.45) is 1.78. The molecule has 5 nitrogen and oxygen atoms in total. The fourth-order valence-corrected chi connectivity index (χ4v) is 3.57. The van der Waals surface area contributed by atoms with Crippen LogP contribution in [-0.2, 0) is 4.79 Å². The van der Waals surface area contributed by atoms with Gasteiger partial charge in [-0.3, -0.25) is 4.79 Å². The number of carbonyl (C=O) groups is 1. The highest BCUT2D eigenvalue weighted by atomic mass is 32.2. The number of amides is 1. The Morgan fingerprint density at radius 3 is 2.63 bits per heavy atom. The Morgan fingerprint density at radius 2 is 1.89 bits per heavy atom. The number of halogens is 1. The van der Waals surface area contributed by atoms with E-state index in [0.717, 1.165) is 5.56 Å². The van der Waals surface area contributed by atoms with E-state index in [0.29, 0.717) is 35.3 Å². The molecule has 0 bridgehead atoms. The molecule has 0 aliphatic carbocycles. The van der Waals surface area contributed by atoms with E-state index in [1.54, 1.807) is 24.3 Å². The van der Waals surface area contributed by atoms with E-state index in [-0.39, 0.29) is 11.7 Å². The molecule has 1 aliphatic rings. The third-order valence-corrected chi connectivity index (χ3v) is 4.79. The normalized spacial score (nSPS) is 17.7. The molecular weight excluding hydrogens is 367 g/mol. The molecule has 1 fully saturated rings. The average molecular weight is 388 g/mol. The first-order valence-electron chi connectivity index (χ1n) is 8.70. The highest BCUT2D eigenvalue weighted by Gasteiger charge is 2.27. The molecule has 3 rings (SSSR count). The fourth-order valence-electron chi connectivity index (χ4n) is 2.59. The van der Waals surface area contributed by atoms with Crippen LogP contribution in [0.1, 0.15) is 19.4 Å². The minimum Gasteiger partial charge on any atom is -0.490 e. The topological polar surface area (TPSA) is 59.6 Å². The summed E-state index contributed by atoms with van der Waals surface area (Å²) in [6, 6.07) is 11.9. The van der Waals surface area contributed by atoms with Crippen LogP contribution in [0.4, 0.5) is 10.1 Å². The number of anilines is 1. The van der Waals surface area contributed by atoms with Gasteiger partial charge >= 0.3 is 0 Å². The van der Waals surface area contributed by atoms with Crippen LogP contribution < -0.4 is 20.1 Å². The van der Waals surface area contributed by atoms with E-state index in [1.807, 2.05) is 32.0 Å². The Balaban J connectivity index is 1.76. The number of para-hydroxylation sites is 1. The lowest BCUT2D eigenvalue weighted by Gasteiger charge is -2.13. The molecule has 0 spiro atoms. The van der Waals surface area contributed by atoms with Gasteiger partial charge in [0.15, 0.2) is 17.0 Å². The van der Waals surface area contributed by atoms with Crippen molar-refractivity contribution in [2.75, 3.05) is 18.5 Å². The lowest BCUT2D eigenvalue weighted by Crippen LogP contribution is -2.31. The van der Waals surface area contributed by atoms with Crippen LogP contribution in [0.5, 0.6) is 11.5 Å². The third-order valence-electron chi connectivity index (χ3n) is 3.76. The maximum Gasteiger partial charge on any atom is 0.260 e. The van der Waals surface area contributed by atoms with Crippen molar-refractivity contribution >= 4 is 29.4 Å². The molecule has 1 saturated heterocycles. The number of nitrogens with one attached hydrogen (secondary N) is 2. The van der Waals surface area contributed by atoms with Crippen molar-refractivity contribution < 1.29 is 18.7 Å². The average Bonchev–Trinajstić information content (AvgIpc) is 2.99. The van der Waals surface area contributed by atoms with Crippen LogP contribution in [0.2, 0.25) is 0 Å². The first kappa shape index (κ1) is 19.1. The van der Waals surface area contributed by atoms with Gasteiger partial charge in [-0.05, 0) is 49.8 Å². The van der Waals surface area contributed by atoms with E-state index >= 15 is 0 Å². The number of hydrogen-bond acceptors (Lipinski definition) is 5. The largest absolute Gasteiger partial charge is 0.490 e. The third kappa shape index (κ3) is 4.74. The Morgan fingerprint density at radius 1 is 1.15 bits per heavy atom. The van der Waals surface area contributed by atoms with E-state index < -0.39 is 5.50 Å². The summed E-state index contributed by atoms with van der Waals surface area (Å²) >= 11 is 1.30. The quantitative estimate of drug-likeness (QED) is 0.696. The van der Waals surface area contributed by atoms with Crippen molar-refractivity contribution in [3.8, 4) is 11.5 Å². The monoisotopic (exact) mass is 388 g/mol. The lowest BCUT2D eigenvalue weighted by atomic mass is 10.2. The number of thioether (sulfide) groups is 1. The van der Waals surface area contributed by atoms with Gasteiger partial charge in [-0.2, -0.15) is 0 Å². The SMILES string of the molecule is CCOc1ccc(/C=C2\SC(Nc3ccccc3F)NC2=O)cc1OCC. The number of hydrogen-bond donors (Lipinski definition) is 2. The fraction of sp³-hybridized carbons (Fsp3) is 0.250. The van der Waals surface area contributed by atoms with Crippen LogP contribution in [0.3, 0.4) is 0 Å².